The normalized spacial score (nSPS) is 17.1. The zero-order valence-electron chi connectivity index (χ0n) is 15.1. The van der Waals surface area contributed by atoms with Gasteiger partial charge in [-0.3, -0.25) is 0 Å². The Hall–Kier alpha value is -1.38. The standard InChI is InChI=1S/C17H24ClFN2O4S/c1-17(2,3)25-16(22)20-12-7-9-21(10-8-12)26(23,24)11-13-14(18)5-4-6-15(13)19/h4-6,12H,7-11H2,1-3H3,(H,20,22). The van der Waals surface area contributed by atoms with Crippen molar-refractivity contribution in [2.45, 2.75) is 51.0 Å². The number of nitrogens with zero attached hydrogens (tertiary/aromatic N) is 1. The lowest BCUT2D eigenvalue weighted by molar-refractivity contribution is 0.0489. The number of rotatable bonds is 4. The molecule has 9 heteroatoms. The Morgan fingerprint density at radius 1 is 1.35 bits per heavy atom. The third-order valence-corrected chi connectivity index (χ3v) is 6.12. The summed E-state index contributed by atoms with van der Waals surface area (Å²) in [7, 11) is -3.70. The molecule has 2 rings (SSSR count). The van der Waals surface area contributed by atoms with Gasteiger partial charge in [0.15, 0.2) is 0 Å². The van der Waals surface area contributed by atoms with Gasteiger partial charge in [-0.15, -0.1) is 0 Å². The predicted octanol–water partition coefficient (Wildman–Crippen LogP) is 3.30. The van der Waals surface area contributed by atoms with Crippen LogP contribution >= 0.6 is 11.6 Å². The second-order valence-corrected chi connectivity index (χ2v) is 9.65. The summed E-state index contributed by atoms with van der Waals surface area (Å²) >= 11 is 5.92. The number of carbonyl (C=O) groups excluding carboxylic acids is 1. The molecule has 0 aliphatic carbocycles. The summed E-state index contributed by atoms with van der Waals surface area (Å²) in [6.07, 6.45) is 0.407. The first-order valence-electron chi connectivity index (χ1n) is 8.38. The minimum absolute atomic E-state index is 0.0248. The smallest absolute Gasteiger partial charge is 0.407 e. The molecule has 1 heterocycles. The Morgan fingerprint density at radius 2 is 1.96 bits per heavy atom. The molecule has 1 fully saturated rings. The fraction of sp³-hybridized carbons (Fsp3) is 0.588. The number of alkyl carbamates (subject to hydrolysis) is 1. The Balaban J connectivity index is 1.93. The van der Waals surface area contributed by atoms with Crippen molar-refractivity contribution >= 4 is 27.7 Å². The van der Waals surface area contributed by atoms with Crippen LogP contribution in [0, 0.1) is 5.82 Å². The van der Waals surface area contributed by atoms with Crippen molar-refractivity contribution in [2.75, 3.05) is 13.1 Å². The van der Waals surface area contributed by atoms with Gasteiger partial charge in [0.2, 0.25) is 10.0 Å². The van der Waals surface area contributed by atoms with Gasteiger partial charge in [-0.2, -0.15) is 0 Å². The van der Waals surface area contributed by atoms with E-state index in [0.717, 1.165) is 0 Å². The van der Waals surface area contributed by atoms with Crippen LogP contribution in [0.5, 0.6) is 0 Å². The highest BCUT2D eigenvalue weighted by molar-refractivity contribution is 7.88. The molecule has 146 valence electrons. The number of sulfonamides is 1. The number of amides is 1. The number of halogens is 2. The second kappa shape index (κ2) is 8.10. The van der Waals surface area contributed by atoms with Crippen molar-refractivity contribution in [1.82, 2.24) is 9.62 Å². The van der Waals surface area contributed by atoms with Gasteiger partial charge in [-0.25, -0.2) is 21.9 Å². The van der Waals surface area contributed by atoms with E-state index in [2.05, 4.69) is 5.32 Å². The Morgan fingerprint density at radius 3 is 2.50 bits per heavy atom. The first-order valence-corrected chi connectivity index (χ1v) is 10.4. The lowest BCUT2D eigenvalue weighted by Crippen LogP contribution is -2.47. The van der Waals surface area contributed by atoms with E-state index in [1.807, 2.05) is 0 Å². The SMILES string of the molecule is CC(C)(C)OC(=O)NC1CCN(S(=O)(=O)Cc2c(F)cccc2Cl)CC1. The molecule has 0 radical (unpaired) electrons. The van der Waals surface area contributed by atoms with Gasteiger partial charge in [-0.1, -0.05) is 17.7 Å². The number of ether oxygens (including phenoxy) is 1. The van der Waals surface area contributed by atoms with Gasteiger partial charge in [0.1, 0.15) is 11.4 Å². The van der Waals surface area contributed by atoms with E-state index in [-0.39, 0.29) is 29.7 Å². The van der Waals surface area contributed by atoms with Crippen molar-refractivity contribution in [3.63, 3.8) is 0 Å². The van der Waals surface area contributed by atoms with Crippen molar-refractivity contribution in [3.8, 4) is 0 Å². The molecule has 26 heavy (non-hydrogen) atoms. The van der Waals surface area contributed by atoms with Gasteiger partial charge in [0.25, 0.3) is 0 Å². The summed E-state index contributed by atoms with van der Waals surface area (Å²) in [6.45, 7) is 5.81. The molecule has 0 aromatic heterocycles. The van der Waals surface area contributed by atoms with E-state index in [9.17, 15) is 17.6 Å². The topological polar surface area (TPSA) is 75.7 Å². The Labute approximate surface area is 158 Å². The molecule has 6 nitrogen and oxygen atoms in total. The maximum absolute atomic E-state index is 13.9. The molecule has 0 saturated carbocycles. The van der Waals surface area contributed by atoms with Gasteiger partial charge in [0, 0.05) is 29.7 Å². The molecule has 0 spiro atoms. The van der Waals surface area contributed by atoms with Crippen LogP contribution in [0.25, 0.3) is 0 Å². The number of hydrogen-bond acceptors (Lipinski definition) is 4. The number of benzene rings is 1. The largest absolute Gasteiger partial charge is 0.444 e. The molecule has 0 unspecified atom stereocenters. The third-order valence-electron chi connectivity index (χ3n) is 3.96. The maximum atomic E-state index is 13.9. The average Bonchev–Trinajstić information content (AvgIpc) is 2.50. The number of carbonyl (C=O) groups is 1. The molecule has 1 saturated heterocycles. The average molecular weight is 407 g/mol. The first kappa shape index (κ1) is 20.9. The highest BCUT2D eigenvalue weighted by atomic mass is 35.5. The second-order valence-electron chi connectivity index (χ2n) is 7.28. The molecular weight excluding hydrogens is 383 g/mol. The van der Waals surface area contributed by atoms with E-state index < -0.39 is 33.3 Å². The Bertz CT molecular complexity index is 736. The fourth-order valence-corrected chi connectivity index (χ4v) is 4.61. The first-order chi connectivity index (χ1) is 12.0. The molecule has 1 aliphatic rings. The summed E-state index contributed by atoms with van der Waals surface area (Å²) < 4.78 is 45.5. The van der Waals surface area contributed by atoms with E-state index in [0.29, 0.717) is 12.8 Å². The van der Waals surface area contributed by atoms with E-state index in [1.165, 1.54) is 22.5 Å². The van der Waals surface area contributed by atoms with Crippen LogP contribution in [-0.4, -0.2) is 43.5 Å². The number of nitrogens with one attached hydrogen (secondary N) is 1. The third kappa shape index (κ3) is 5.82. The van der Waals surface area contributed by atoms with Crippen molar-refractivity contribution in [1.29, 1.82) is 0 Å². The van der Waals surface area contributed by atoms with E-state index >= 15 is 0 Å². The van der Waals surface area contributed by atoms with Crippen LogP contribution in [-0.2, 0) is 20.5 Å². The summed E-state index contributed by atoms with van der Waals surface area (Å²) in [6, 6.07) is 3.93. The number of piperidine rings is 1. The van der Waals surface area contributed by atoms with Crippen LogP contribution in [0.2, 0.25) is 5.02 Å². The zero-order chi connectivity index (χ0) is 19.5. The van der Waals surface area contributed by atoms with Crippen LogP contribution in [0.1, 0.15) is 39.2 Å². The molecule has 0 bridgehead atoms. The highest BCUT2D eigenvalue weighted by Crippen LogP contribution is 2.24. The van der Waals surface area contributed by atoms with Gasteiger partial charge in [0.05, 0.1) is 5.75 Å². The molecule has 1 aromatic rings. The number of hydrogen-bond donors (Lipinski definition) is 1. The van der Waals surface area contributed by atoms with Crippen LogP contribution < -0.4 is 5.32 Å². The monoisotopic (exact) mass is 406 g/mol. The highest BCUT2D eigenvalue weighted by Gasteiger charge is 2.30. The van der Waals surface area contributed by atoms with Gasteiger partial charge >= 0.3 is 6.09 Å². The minimum atomic E-state index is -3.70. The molecule has 0 atom stereocenters. The predicted molar refractivity (Wildman–Crippen MR) is 98.0 cm³/mol. The fourth-order valence-electron chi connectivity index (χ4n) is 2.70. The molecule has 1 aliphatic heterocycles. The summed E-state index contributed by atoms with van der Waals surface area (Å²) in [5, 5.41) is 2.84. The molecular formula is C17H24ClFN2O4S. The Kier molecular flexibility index (Phi) is 6.52. The van der Waals surface area contributed by atoms with Crippen LogP contribution in [0.4, 0.5) is 9.18 Å². The van der Waals surface area contributed by atoms with E-state index in [1.54, 1.807) is 20.8 Å². The molecule has 1 amide bonds. The minimum Gasteiger partial charge on any atom is -0.444 e. The van der Waals surface area contributed by atoms with E-state index in [4.69, 9.17) is 16.3 Å². The van der Waals surface area contributed by atoms with Crippen molar-refractivity contribution in [2.24, 2.45) is 0 Å². The summed E-state index contributed by atoms with van der Waals surface area (Å²) in [4.78, 5) is 11.8. The summed E-state index contributed by atoms with van der Waals surface area (Å²) in [5.74, 6) is -1.12. The summed E-state index contributed by atoms with van der Waals surface area (Å²) in [5.41, 5.74) is -0.615. The molecule has 1 N–H and O–H groups in total. The van der Waals surface area contributed by atoms with Crippen molar-refractivity contribution < 1.29 is 22.3 Å². The molecule has 1 aromatic carbocycles. The maximum Gasteiger partial charge on any atom is 0.407 e. The zero-order valence-corrected chi connectivity index (χ0v) is 16.7. The quantitative estimate of drug-likeness (QED) is 0.832. The van der Waals surface area contributed by atoms with Crippen molar-refractivity contribution in [3.05, 3.63) is 34.6 Å². The lowest BCUT2D eigenvalue weighted by atomic mass is 10.1. The van der Waals surface area contributed by atoms with Crippen LogP contribution in [0.3, 0.4) is 0 Å². The van der Waals surface area contributed by atoms with Crippen LogP contribution in [0.15, 0.2) is 18.2 Å². The lowest BCUT2D eigenvalue weighted by Gasteiger charge is -2.32. The van der Waals surface area contributed by atoms with Gasteiger partial charge in [-0.05, 0) is 45.7 Å². The van der Waals surface area contributed by atoms with Gasteiger partial charge < -0.3 is 10.1 Å².